The molecule has 3 aromatic rings. The third kappa shape index (κ3) is 3.58. The van der Waals surface area contributed by atoms with E-state index in [1.165, 1.54) is 4.57 Å². The van der Waals surface area contributed by atoms with Crippen LogP contribution in [0.25, 0.3) is 11.1 Å². The van der Waals surface area contributed by atoms with E-state index in [2.05, 4.69) is 4.72 Å². The van der Waals surface area contributed by atoms with Gasteiger partial charge in [0.25, 0.3) is 0 Å². The summed E-state index contributed by atoms with van der Waals surface area (Å²) in [6.45, 7) is 2.06. The van der Waals surface area contributed by atoms with E-state index in [4.69, 9.17) is 4.42 Å². The molecule has 0 aliphatic heterocycles. The van der Waals surface area contributed by atoms with Crippen molar-refractivity contribution in [1.29, 1.82) is 0 Å². The van der Waals surface area contributed by atoms with Gasteiger partial charge in [-0.25, -0.2) is 17.9 Å². The Morgan fingerprint density at radius 1 is 1.12 bits per heavy atom. The van der Waals surface area contributed by atoms with E-state index in [1.807, 2.05) is 25.1 Å². The van der Waals surface area contributed by atoms with Gasteiger partial charge in [0.05, 0.1) is 11.3 Å². The lowest BCUT2D eigenvalue weighted by Gasteiger charge is -2.07. The lowest BCUT2D eigenvalue weighted by molar-refractivity contribution is 0.527. The van der Waals surface area contributed by atoms with Crippen molar-refractivity contribution in [2.24, 2.45) is 7.05 Å². The zero-order chi connectivity index (χ0) is 17.3. The molecule has 1 N–H and O–H groups in total. The number of benzene rings is 2. The summed E-state index contributed by atoms with van der Waals surface area (Å²) in [5.74, 6) is -0.515. The number of aryl methyl sites for hydroxylation is 2. The third-order valence-corrected chi connectivity index (χ3v) is 5.09. The predicted octanol–water partition coefficient (Wildman–Crippen LogP) is 2.06. The molecule has 0 aliphatic rings. The maximum Gasteiger partial charge on any atom is 0.419 e. The first-order chi connectivity index (χ1) is 11.3. The highest BCUT2D eigenvalue weighted by molar-refractivity contribution is 7.88. The van der Waals surface area contributed by atoms with Gasteiger partial charge in [0.15, 0.2) is 5.58 Å². The first kappa shape index (κ1) is 16.5. The molecule has 7 heteroatoms. The van der Waals surface area contributed by atoms with Crippen LogP contribution in [0.1, 0.15) is 16.7 Å². The second-order valence-electron chi connectivity index (χ2n) is 5.80. The van der Waals surface area contributed by atoms with Gasteiger partial charge >= 0.3 is 5.76 Å². The van der Waals surface area contributed by atoms with Gasteiger partial charge in [0.1, 0.15) is 0 Å². The van der Waals surface area contributed by atoms with Crippen LogP contribution in [0.15, 0.2) is 51.7 Å². The smallest absolute Gasteiger partial charge is 0.408 e. The number of rotatable bonds is 5. The molecule has 0 spiro atoms. The van der Waals surface area contributed by atoms with Crippen molar-refractivity contribution in [3.05, 3.63) is 69.7 Å². The van der Waals surface area contributed by atoms with E-state index in [1.54, 1.807) is 31.3 Å². The fraction of sp³-hybridized carbons (Fsp3) is 0.235. The molecule has 1 aromatic heterocycles. The average molecular weight is 346 g/mol. The first-order valence-corrected chi connectivity index (χ1v) is 9.11. The molecular formula is C17H18N2O4S. The highest BCUT2D eigenvalue weighted by Gasteiger charge is 2.12. The molecule has 0 fully saturated rings. The van der Waals surface area contributed by atoms with Crippen molar-refractivity contribution < 1.29 is 12.8 Å². The van der Waals surface area contributed by atoms with Crippen molar-refractivity contribution in [3.8, 4) is 0 Å². The average Bonchev–Trinajstić information content (AvgIpc) is 2.79. The largest absolute Gasteiger partial charge is 0.419 e. The quantitative estimate of drug-likeness (QED) is 0.767. The summed E-state index contributed by atoms with van der Waals surface area (Å²) < 4.78 is 33.5. The molecule has 0 saturated carbocycles. The molecule has 0 aliphatic carbocycles. The molecule has 0 unspecified atom stereocenters. The minimum absolute atomic E-state index is 0.0721. The lowest BCUT2D eigenvalue weighted by atomic mass is 10.2. The lowest BCUT2D eigenvalue weighted by Crippen LogP contribution is -2.24. The first-order valence-electron chi connectivity index (χ1n) is 7.45. The molecule has 126 valence electrons. The Balaban J connectivity index is 1.73. The van der Waals surface area contributed by atoms with Crippen LogP contribution in [0.4, 0.5) is 0 Å². The van der Waals surface area contributed by atoms with Crippen LogP contribution in [0, 0.1) is 6.92 Å². The Morgan fingerprint density at radius 3 is 2.67 bits per heavy atom. The van der Waals surface area contributed by atoms with Crippen LogP contribution >= 0.6 is 0 Å². The maximum atomic E-state index is 12.2. The zero-order valence-corrected chi connectivity index (χ0v) is 14.3. The summed E-state index contributed by atoms with van der Waals surface area (Å²) in [6, 6.07) is 12.6. The predicted molar refractivity (Wildman–Crippen MR) is 92.1 cm³/mol. The minimum atomic E-state index is -3.45. The summed E-state index contributed by atoms with van der Waals surface area (Å²) in [5, 5.41) is 0. The van der Waals surface area contributed by atoms with Gasteiger partial charge in [0, 0.05) is 13.6 Å². The molecule has 0 radical (unpaired) electrons. The van der Waals surface area contributed by atoms with Gasteiger partial charge in [-0.2, -0.15) is 0 Å². The summed E-state index contributed by atoms with van der Waals surface area (Å²) >= 11 is 0. The molecule has 1 heterocycles. The van der Waals surface area contributed by atoms with Gasteiger partial charge in [-0.05, 0) is 30.2 Å². The fourth-order valence-electron chi connectivity index (χ4n) is 2.55. The summed E-state index contributed by atoms with van der Waals surface area (Å²) in [7, 11) is -1.83. The topological polar surface area (TPSA) is 81.3 Å². The van der Waals surface area contributed by atoms with Gasteiger partial charge in [-0.1, -0.05) is 35.9 Å². The molecule has 0 amide bonds. The van der Waals surface area contributed by atoms with Gasteiger partial charge in [0.2, 0.25) is 10.0 Å². The SMILES string of the molecule is Cc1cccc(CS(=O)(=O)NCc2ccc3c(c2)oc(=O)n3C)c1. The van der Waals surface area contributed by atoms with Crippen molar-refractivity contribution in [2.75, 3.05) is 0 Å². The van der Waals surface area contributed by atoms with Crippen LogP contribution in [0.5, 0.6) is 0 Å². The van der Waals surface area contributed by atoms with E-state index in [0.29, 0.717) is 11.1 Å². The van der Waals surface area contributed by atoms with Crippen LogP contribution in [0.2, 0.25) is 0 Å². The number of hydrogen-bond donors (Lipinski definition) is 1. The van der Waals surface area contributed by atoms with Gasteiger partial charge in [-0.15, -0.1) is 0 Å². The Bertz CT molecular complexity index is 1050. The Kier molecular flexibility index (Phi) is 4.29. The van der Waals surface area contributed by atoms with E-state index in [-0.39, 0.29) is 12.3 Å². The summed E-state index contributed by atoms with van der Waals surface area (Å²) in [5.41, 5.74) is 3.60. The molecule has 0 bridgehead atoms. The highest BCUT2D eigenvalue weighted by atomic mass is 32.2. The summed E-state index contributed by atoms with van der Waals surface area (Å²) in [4.78, 5) is 11.5. The van der Waals surface area contributed by atoms with Crippen molar-refractivity contribution in [2.45, 2.75) is 19.2 Å². The van der Waals surface area contributed by atoms with Gasteiger partial charge in [-0.3, -0.25) is 4.57 Å². The van der Waals surface area contributed by atoms with Crippen LogP contribution in [-0.4, -0.2) is 13.0 Å². The van der Waals surface area contributed by atoms with Gasteiger partial charge < -0.3 is 4.42 Å². The van der Waals surface area contributed by atoms with E-state index in [0.717, 1.165) is 16.7 Å². The number of sulfonamides is 1. The van der Waals surface area contributed by atoms with E-state index >= 15 is 0 Å². The van der Waals surface area contributed by atoms with Crippen LogP contribution < -0.4 is 10.5 Å². The molecule has 24 heavy (non-hydrogen) atoms. The maximum absolute atomic E-state index is 12.2. The number of aromatic nitrogens is 1. The van der Waals surface area contributed by atoms with Crippen LogP contribution in [0.3, 0.4) is 0 Å². The molecule has 2 aromatic carbocycles. The molecule has 3 rings (SSSR count). The molecular weight excluding hydrogens is 328 g/mol. The number of fused-ring (bicyclic) bond motifs is 1. The van der Waals surface area contributed by atoms with Crippen LogP contribution in [-0.2, 0) is 29.4 Å². The van der Waals surface area contributed by atoms with E-state index < -0.39 is 15.8 Å². The fourth-order valence-corrected chi connectivity index (χ4v) is 3.66. The zero-order valence-electron chi connectivity index (χ0n) is 13.4. The Labute approximate surface area is 139 Å². The second-order valence-corrected chi connectivity index (χ2v) is 7.61. The number of hydrogen-bond acceptors (Lipinski definition) is 4. The molecule has 0 saturated heterocycles. The second kappa shape index (κ2) is 6.26. The Morgan fingerprint density at radius 2 is 1.92 bits per heavy atom. The van der Waals surface area contributed by atoms with E-state index in [9.17, 15) is 13.2 Å². The molecule has 6 nitrogen and oxygen atoms in total. The standard InChI is InChI=1S/C17H18N2O4S/c1-12-4-3-5-14(8-12)11-24(21,22)18-10-13-6-7-15-16(9-13)23-17(20)19(15)2/h3-9,18H,10-11H2,1-2H3. The van der Waals surface area contributed by atoms with Crippen molar-refractivity contribution >= 4 is 21.1 Å². The normalized spacial score (nSPS) is 11.9. The third-order valence-electron chi connectivity index (χ3n) is 3.79. The van der Waals surface area contributed by atoms with Crippen molar-refractivity contribution in [1.82, 2.24) is 9.29 Å². The minimum Gasteiger partial charge on any atom is -0.408 e. The monoisotopic (exact) mass is 346 g/mol. The number of nitrogens with one attached hydrogen (secondary N) is 1. The molecule has 0 atom stereocenters. The highest BCUT2D eigenvalue weighted by Crippen LogP contribution is 2.15. The van der Waals surface area contributed by atoms with Crippen molar-refractivity contribution in [3.63, 3.8) is 0 Å². The summed E-state index contributed by atoms with van der Waals surface area (Å²) in [6.07, 6.45) is 0. The Hall–Kier alpha value is -2.38. The number of nitrogens with zero attached hydrogens (tertiary/aromatic N) is 1. The number of oxazole rings is 1.